The van der Waals surface area contributed by atoms with Gasteiger partial charge in [-0.2, -0.15) is 0 Å². The molecule has 0 radical (unpaired) electrons. The van der Waals surface area contributed by atoms with Crippen molar-refractivity contribution in [3.05, 3.63) is 23.9 Å². The van der Waals surface area contributed by atoms with Crippen LogP contribution in [-0.2, 0) is 0 Å². The third-order valence-corrected chi connectivity index (χ3v) is 2.85. The van der Waals surface area contributed by atoms with E-state index in [2.05, 4.69) is 23.7 Å². The lowest BCUT2D eigenvalue weighted by molar-refractivity contribution is 0.199. The molecule has 0 saturated heterocycles. The van der Waals surface area contributed by atoms with Gasteiger partial charge in [0.2, 0.25) is 0 Å². The summed E-state index contributed by atoms with van der Waals surface area (Å²) in [5, 5.41) is 9.64. The largest absolute Gasteiger partial charge is 0.389 e. The van der Waals surface area contributed by atoms with Gasteiger partial charge in [-0.3, -0.25) is 0 Å². The Labute approximate surface area is 91.8 Å². The molecule has 1 heterocycles. The Kier molecular flexibility index (Phi) is 4.09. The summed E-state index contributed by atoms with van der Waals surface area (Å²) >= 11 is 0. The van der Waals surface area contributed by atoms with Crippen LogP contribution in [0.2, 0.25) is 0 Å². The second kappa shape index (κ2) is 5.12. The zero-order chi connectivity index (χ0) is 11.4. The van der Waals surface area contributed by atoms with Crippen molar-refractivity contribution in [1.82, 2.24) is 4.98 Å². The lowest BCUT2D eigenvalue weighted by atomic mass is 10.1. The van der Waals surface area contributed by atoms with Crippen LogP contribution in [0.25, 0.3) is 0 Å². The van der Waals surface area contributed by atoms with Crippen molar-refractivity contribution in [2.75, 3.05) is 11.9 Å². The highest BCUT2D eigenvalue weighted by molar-refractivity contribution is 5.47. The first kappa shape index (κ1) is 12.0. The molecule has 0 spiro atoms. The van der Waals surface area contributed by atoms with Gasteiger partial charge in [0.05, 0.1) is 6.10 Å². The van der Waals surface area contributed by atoms with Crippen molar-refractivity contribution in [3.8, 4) is 0 Å². The predicted octanol–water partition coefficient (Wildman–Crippen LogP) is 2.37. The Hall–Kier alpha value is -1.09. The van der Waals surface area contributed by atoms with E-state index in [4.69, 9.17) is 0 Å². The van der Waals surface area contributed by atoms with Crippen LogP contribution in [0, 0.1) is 0 Å². The average Bonchev–Trinajstić information content (AvgIpc) is 2.27. The molecule has 1 aromatic rings. The minimum Gasteiger partial charge on any atom is -0.389 e. The lowest BCUT2D eigenvalue weighted by Crippen LogP contribution is -2.30. The molecule has 15 heavy (non-hydrogen) atoms. The molecule has 2 atom stereocenters. The Morgan fingerprint density at radius 2 is 2.13 bits per heavy atom. The second-order valence-corrected chi connectivity index (χ2v) is 3.96. The Morgan fingerprint density at radius 1 is 1.47 bits per heavy atom. The number of anilines is 1. The van der Waals surface area contributed by atoms with Crippen LogP contribution in [0.15, 0.2) is 18.3 Å². The molecule has 0 aliphatic carbocycles. The summed E-state index contributed by atoms with van der Waals surface area (Å²) < 4.78 is 0. The first-order chi connectivity index (χ1) is 7.07. The van der Waals surface area contributed by atoms with Gasteiger partial charge in [0, 0.05) is 24.8 Å². The first-order valence-corrected chi connectivity index (χ1v) is 5.43. The highest BCUT2D eigenvalue weighted by Gasteiger charge is 2.15. The number of aliphatic hydroxyl groups is 1. The summed E-state index contributed by atoms with van der Waals surface area (Å²) in [6, 6.07) is 4.21. The molecule has 3 nitrogen and oxygen atoms in total. The zero-order valence-corrected chi connectivity index (χ0v) is 9.94. The van der Waals surface area contributed by atoms with Crippen molar-refractivity contribution in [2.24, 2.45) is 0 Å². The van der Waals surface area contributed by atoms with Crippen LogP contribution >= 0.6 is 0 Å². The monoisotopic (exact) mass is 208 g/mol. The molecule has 0 bridgehead atoms. The van der Waals surface area contributed by atoms with Gasteiger partial charge in [0.25, 0.3) is 0 Å². The molecule has 1 rings (SSSR count). The molecule has 0 aliphatic rings. The number of nitrogens with zero attached hydrogens (tertiary/aromatic N) is 2. The van der Waals surface area contributed by atoms with E-state index in [1.54, 1.807) is 13.1 Å². The topological polar surface area (TPSA) is 36.4 Å². The zero-order valence-electron chi connectivity index (χ0n) is 9.94. The van der Waals surface area contributed by atoms with Gasteiger partial charge >= 0.3 is 0 Å². The normalized spacial score (nSPS) is 14.7. The molecule has 0 fully saturated rings. The van der Waals surface area contributed by atoms with E-state index in [1.165, 1.54) is 0 Å². The molecular formula is C12H20N2O. The molecule has 0 aliphatic heterocycles. The minimum absolute atomic E-state index is 0.428. The van der Waals surface area contributed by atoms with E-state index < -0.39 is 6.10 Å². The lowest BCUT2D eigenvalue weighted by Gasteiger charge is -2.27. The van der Waals surface area contributed by atoms with Crippen molar-refractivity contribution < 1.29 is 5.11 Å². The molecule has 0 amide bonds. The van der Waals surface area contributed by atoms with E-state index >= 15 is 0 Å². The van der Waals surface area contributed by atoms with Gasteiger partial charge in [-0.15, -0.1) is 0 Å². The second-order valence-electron chi connectivity index (χ2n) is 3.96. The quantitative estimate of drug-likeness (QED) is 0.825. The molecule has 0 saturated carbocycles. The van der Waals surface area contributed by atoms with Crippen molar-refractivity contribution in [1.29, 1.82) is 0 Å². The molecule has 1 N–H and O–H groups in total. The summed E-state index contributed by atoms with van der Waals surface area (Å²) in [5.41, 5.74) is 0.889. The van der Waals surface area contributed by atoms with Crippen LogP contribution in [0.4, 0.5) is 5.82 Å². The van der Waals surface area contributed by atoms with Gasteiger partial charge in [-0.25, -0.2) is 4.98 Å². The highest BCUT2D eigenvalue weighted by Crippen LogP contribution is 2.24. The standard InChI is InChI=1S/C12H20N2O/c1-5-9(2)14(4)12-11(10(3)15)7-6-8-13-12/h6-10,15H,5H2,1-4H3. The summed E-state index contributed by atoms with van der Waals surface area (Å²) in [5.74, 6) is 0.877. The van der Waals surface area contributed by atoms with Crippen LogP contribution in [-0.4, -0.2) is 23.2 Å². The molecule has 0 aromatic carbocycles. The van der Waals surface area contributed by atoms with E-state index in [0.29, 0.717) is 6.04 Å². The molecular weight excluding hydrogens is 188 g/mol. The van der Waals surface area contributed by atoms with Gasteiger partial charge in [-0.1, -0.05) is 13.0 Å². The van der Waals surface area contributed by atoms with Crippen molar-refractivity contribution in [3.63, 3.8) is 0 Å². The SMILES string of the molecule is CCC(C)N(C)c1ncccc1C(C)O. The maximum absolute atomic E-state index is 9.64. The summed E-state index contributed by atoms with van der Waals surface area (Å²) in [4.78, 5) is 6.45. The van der Waals surface area contributed by atoms with Crippen LogP contribution in [0.5, 0.6) is 0 Å². The number of rotatable bonds is 4. The fourth-order valence-corrected chi connectivity index (χ4v) is 1.51. The van der Waals surface area contributed by atoms with E-state index in [-0.39, 0.29) is 0 Å². The van der Waals surface area contributed by atoms with Gasteiger partial charge < -0.3 is 10.0 Å². The number of hydrogen-bond donors (Lipinski definition) is 1. The predicted molar refractivity (Wildman–Crippen MR) is 63.0 cm³/mol. The fourth-order valence-electron chi connectivity index (χ4n) is 1.51. The third-order valence-electron chi connectivity index (χ3n) is 2.85. The summed E-state index contributed by atoms with van der Waals surface area (Å²) in [6.45, 7) is 6.07. The maximum Gasteiger partial charge on any atom is 0.134 e. The molecule has 2 unspecified atom stereocenters. The first-order valence-electron chi connectivity index (χ1n) is 5.43. The van der Waals surface area contributed by atoms with E-state index in [0.717, 1.165) is 17.8 Å². The van der Waals surface area contributed by atoms with Crippen LogP contribution in [0.1, 0.15) is 38.9 Å². The molecule has 1 aromatic heterocycles. The molecule has 3 heteroatoms. The highest BCUT2D eigenvalue weighted by atomic mass is 16.3. The smallest absolute Gasteiger partial charge is 0.134 e. The molecule has 84 valence electrons. The third kappa shape index (κ3) is 2.69. The summed E-state index contributed by atoms with van der Waals surface area (Å²) in [6.07, 6.45) is 2.35. The van der Waals surface area contributed by atoms with Crippen LogP contribution in [0.3, 0.4) is 0 Å². The number of aromatic nitrogens is 1. The Bertz CT molecular complexity index is 312. The van der Waals surface area contributed by atoms with Crippen LogP contribution < -0.4 is 4.90 Å². The fraction of sp³-hybridized carbons (Fsp3) is 0.583. The summed E-state index contributed by atoms with van der Waals surface area (Å²) in [7, 11) is 2.02. The van der Waals surface area contributed by atoms with Gasteiger partial charge in [0.15, 0.2) is 0 Å². The number of hydrogen-bond acceptors (Lipinski definition) is 3. The van der Waals surface area contributed by atoms with Gasteiger partial charge in [-0.05, 0) is 26.3 Å². The van der Waals surface area contributed by atoms with E-state index in [1.807, 2.05) is 19.2 Å². The number of pyridine rings is 1. The van der Waals surface area contributed by atoms with Crippen molar-refractivity contribution >= 4 is 5.82 Å². The van der Waals surface area contributed by atoms with E-state index in [9.17, 15) is 5.11 Å². The average molecular weight is 208 g/mol. The number of aliphatic hydroxyl groups excluding tert-OH is 1. The van der Waals surface area contributed by atoms with Gasteiger partial charge in [0.1, 0.15) is 5.82 Å². The van der Waals surface area contributed by atoms with Crippen molar-refractivity contribution in [2.45, 2.75) is 39.3 Å². The Morgan fingerprint density at radius 3 is 2.67 bits per heavy atom. The Balaban J connectivity index is 3.02. The minimum atomic E-state index is -0.472. The maximum atomic E-state index is 9.64.